The molecular formula is C27H30N4O3. The summed E-state index contributed by atoms with van der Waals surface area (Å²) >= 11 is 0. The Morgan fingerprint density at radius 3 is 2.50 bits per heavy atom. The fourth-order valence-electron chi connectivity index (χ4n) is 3.71. The predicted molar refractivity (Wildman–Crippen MR) is 133 cm³/mol. The highest BCUT2D eigenvalue weighted by molar-refractivity contribution is 5.75. The minimum absolute atomic E-state index is 0.112. The van der Waals surface area contributed by atoms with Crippen molar-refractivity contribution in [2.24, 2.45) is 0 Å². The Kier molecular flexibility index (Phi) is 6.82. The van der Waals surface area contributed by atoms with E-state index in [4.69, 9.17) is 4.74 Å². The number of hydrogen-bond acceptors (Lipinski definition) is 4. The molecule has 0 saturated heterocycles. The van der Waals surface area contributed by atoms with Crippen molar-refractivity contribution < 1.29 is 9.53 Å². The van der Waals surface area contributed by atoms with Crippen molar-refractivity contribution >= 4 is 11.4 Å². The Balaban J connectivity index is 1.38. The average Bonchev–Trinajstić information content (AvgIpc) is 3.25. The SMILES string of the molecule is Cc1ccc(-c2cc3c(=O)n(CCC(=O)NCc4ccc(OC(C)C)cc4)ccn3n2)cc1C. The molecule has 0 atom stereocenters. The Labute approximate surface area is 199 Å². The molecule has 4 aromatic rings. The van der Waals surface area contributed by atoms with Gasteiger partial charge in [-0.15, -0.1) is 0 Å². The lowest BCUT2D eigenvalue weighted by molar-refractivity contribution is -0.121. The third-order valence-corrected chi connectivity index (χ3v) is 5.77. The number of carbonyl (C=O) groups is 1. The second-order valence-electron chi connectivity index (χ2n) is 8.79. The summed E-state index contributed by atoms with van der Waals surface area (Å²) in [5.74, 6) is 0.694. The standard InChI is InChI=1S/C27H30N4O3/c1-18(2)34-23-9-6-21(7-10-23)17-28-26(32)11-12-30-13-14-31-25(27(30)33)16-24(29-31)22-8-5-19(3)20(4)15-22/h5-10,13-16,18H,11-12,17H2,1-4H3,(H,28,32). The molecule has 0 aliphatic carbocycles. The molecule has 0 bridgehead atoms. The quantitative estimate of drug-likeness (QED) is 0.428. The van der Waals surface area contributed by atoms with Crippen molar-refractivity contribution in [1.82, 2.24) is 19.5 Å². The first-order chi connectivity index (χ1) is 16.3. The minimum atomic E-state index is -0.168. The zero-order valence-corrected chi connectivity index (χ0v) is 20.0. The summed E-state index contributed by atoms with van der Waals surface area (Å²) < 4.78 is 8.78. The number of carbonyl (C=O) groups excluding carboxylic acids is 1. The van der Waals surface area contributed by atoms with Crippen LogP contribution in [0, 0.1) is 13.8 Å². The first-order valence-corrected chi connectivity index (χ1v) is 11.5. The summed E-state index contributed by atoms with van der Waals surface area (Å²) in [5.41, 5.74) is 5.42. The average molecular weight is 459 g/mol. The molecule has 7 heteroatoms. The summed E-state index contributed by atoms with van der Waals surface area (Å²) in [5, 5.41) is 7.46. The monoisotopic (exact) mass is 458 g/mol. The number of nitrogens with zero attached hydrogens (tertiary/aromatic N) is 3. The number of benzene rings is 2. The summed E-state index contributed by atoms with van der Waals surface area (Å²) in [6.45, 7) is 8.81. The summed E-state index contributed by atoms with van der Waals surface area (Å²) in [6, 6.07) is 15.6. The minimum Gasteiger partial charge on any atom is -0.491 e. The maximum absolute atomic E-state index is 13.0. The molecule has 1 amide bonds. The Bertz CT molecular complexity index is 1370. The van der Waals surface area contributed by atoms with Crippen LogP contribution in [0.25, 0.3) is 16.8 Å². The van der Waals surface area contributed by atoms with E-state index in [1.54, 1.807) is 27.5 Å². The lowest BCUT2D eigenvalue weighted by atomic mass is 10.0. The molecule has 1 N–H and O–H groups in total. The summed E-state index contributed by atoms with van der Waals surface area (Å²) in [7, 11) is 0. The Morgan fingerprint density at radius 2 is 1.79 bits per heavy atom. The van der Waals surface area contributed by atoms with Gasteiger partial charge >= 0.3 is 0 Å². The first kappa shape index (κ1) is 23.3. The lowest BCUT2D eigenvalue weighted by Crippen LogP contribution is -2.27. The number of aromatic nitrogens is 3. The highest BCUT2D eigenvalue weighted by atomic mass is 16.5. The lowest BCUT2D eigenvalue weighted by Gasteiger charge is -2.11. The van der Waals surface area contributed by atoms with Crippen LogP contribution in [0.4, 0.5) is 0 Å². The van der Waals surface area contributed by atoms with E-state index in [9.17, 15) is 9.59 Å². The number of amides is 1. The van der Waals surface area contributed by atoms with Crippen LogP contribution in [0.5, 0.6) is 5.75 Å². The van der Waals surface area contributed by atoms with Crippen molar-refractivity contribution in [2.75, 3.05) is 0 Å². The van der Waals surface area contributed by atoms with Gasteiger partial charge in [0, 0.05) is 37.5 Å². The van der Waals surface area contributed by atoms with Crippen LogP contribution in [0.1, 0.15) is 37.0 Å². The molecule has 176 valence electrons. The van der Waals surface area contributed by atoms with Gasteiger partial charge in [-0.25, -0.2) is 4.52 Å². The Morgan fingerprint density at radius 1 is 1.03 bits per heavy atom. The van der Waals surface area contributed by atoms with Crippen LogP contribution in [-0.4, -0.2) is 26.2 Å². The zero-order chi connectivity index (χ0) is 24.2. The highest BCUT2D eigenvalue weighted by Gasteiger charge is 2.11. The smallest absolute Gasteiger partial charge is 0.276 e. The molecule has 2 aromatic heterocycles. The van der Waals surface area contributed by atoms with Gasteiger partial charge in [0.25, 0.3) is 5.56 Å². The van der Waals surface area contributed by atoms with Crippen molar-refractivity contribution in [3.63, 3.8) is 0 Å². The fraction of sp³-hybridized carbons (Fsp3) is 0.296. The van der Waals surface area contributed by atoms with Gasteiger partial charge in [-0.05, 0) is 68.7 Å². The molecule has 0 aliphatic rings. The summed E-state index contributed by atoms with van der Waals surface area (Å²) in [6.07, 6.45) is 3.75. The zero-order valence-electron chi connectivity index (χ0n) is 20.0. The van der Waals surface area contributed by atoms with E-state index in [0.29, 0.717) is 18.6 Å². The van der Waals surface area contributed by atoms with Gasteiger partial charge in [0.2, 0.25) is 5.91 Å². The van der Waals surface area contributed by atoms with E-state index < -0.39 is 0 Å². The second-order valence-corrected chi connectivity index (χ2v) is 8.79. The number of hydrogen-bond donors (Lipinski definition) is 1. The molecular weight excluding hydrogens is 428 g/mol. The maximum Gasteiger partial charge on any atom is 0.276 e. The van der Waals surface area contributed by atoms with Crippen LogP contribution >= 0.6 is 0 Å². The molecule has 0 fully saturated rings. The van der Waals surface area contributed by atoms with E-state index in [0.717, 1.165) is 22.6 Å². The van der Waals surface area contributed by atoms with Crippen LogP contribution < -0.4 is 15.6 Å². The molecule has 34 heavy (non-hydrogen) atoms. The largest absolute Gasteiger partial charge is 0.491 e. The third-order valence-electron chi connectivity index (χ3n) is 5.77. The number of aryl methyl sites for hydroxylation is 3. The van der Waals surface area contributed by atoms with Crippen LogP contribution in [0.3, 0.4) is 0 Å². The normalized spacial score (nSPS) is 11.2. The fourth-order valence-corrected chi connectivity index (χ4v) is 3.71. The summed E-state index contributed by atoms with van der Waals surface area (Å²) in [4.78, 5) is 25.3. The molecule has 0 unspecified atom stereocenters. The first-order valence-electron chi connectivity index (χ1n) is 11.5. The van der Waals surface area contributed by atoms with Gasteiger partial charge in [-0.1, -0.05) is 24.3 Å². The van der Waals surface area contributed by atoms with Crippen LogP contribution in [0.15, 0.2) is 65.7 Å². The molecule has 0 saturated carbocycles. The van der Waals surface area contributed by atoms with Gasteiger partial charge in [-0.2, -0.15) is 5.10 Å². The topological polar surface area (TPSA) is 77.6 Å². The van der Waals surface area contributed by atoms with E-state index in [-0.39, 0.29) is 24.0 Å². The van der Waals surface area contributed by atoms with Gasteiger partial charge in [-0.3, -0.25) is 9.59 Å². The van der Waals surface area contributed by atoms with E-state index in [1.165, 1.54) is 11.1 Å². The predicted octanol–water partition coefficient (Wildman–Crippen LogP) is 4.27. The molecule has 2 heterocycles. The molecule has 2 aromatic carbocycles. The van der Waals surface area contributed by atoms with Gasteiger partial charge < -0.3 is 14.6 Å². The number of fused-ring (bicyclic) bond motifs is 1. The van der Waals surface area contributed by atoms with Crippen molar-refractivity contribution in [1.29, 1.82) is 0 Å². The van der Waals surface area contributed by atoms with E-state index >= 15 is 0 Å². The molecule has 7 nitrogen and oxygen atoms in total. The molecule has 0 aliphatic heterocycles. The molecule has 0 radical (unpaired) electrons. The third kappa shape index (κ3) is 5.36. The van der Waals surface area contributed by atoms with Crippen molar-refractivity contribution in [2.45, 2.75) is 53.3 Å². The molecule has 0 spiro atoms. The number of nitrogens with one attached hydrogen (secondary N) is 1. The maximum atomic E-state index is 13.0. The highest BCUT2D eigenvalue weighted by Crippen LogP contribution is 2.21. The number of rotatable bonds is 8. The van der Waals surface area contributed by atoms with E-state index in [1.807, 2.05) is 44.2 Å². The number of ether oxygens (including phenoxy) is 1. The molecule has 4 rings (SSSR count). The van der Waals surface area contributed by atoms with Gasteiger partial charge in [0.1, 0.15) is 11.3 Å². The van der Waals surface area contributed by atoms with Gasteiger partial charge in [0.05, 0.1) is 11.8 Å². The van der Waals surface area contributed by atoms with E-state index in [2.05, 4.69) is 36.4 Å². The van der Waals surface area contributed by atoms with Crippen LogP contribution in [-0.2, 0) is 17.9 Å². The van der Waals surface area contributed by atoms with Gasteiger partial charge in [0.15, 0.2) is 0 Å². The van der Waals surface area contributed by atoms with Crippen molar-refractivity contribution in [3.8, 4) is 17.0 Å². The second kappa shape index (κ2) is 9.95. The Hall–Kier alpha value is -3.87. The van der Waals surface area contributed by atoms with Crippen LogP contribution in [0.2, 0.25) is 0 Å². The van der Waals surface area contributed by atoms with Crippen molar-refractivity contribution in [3.05, 3.63) is 88.0 Å².